The third kappa shape index (κ3) is 1.53. The van der Waals surface area contributed by atoms with E-state index in [2.05, 4.69) is 27.4 Å². The molecule has 3 nitrogen and oxygen atoms in total. The van der Waals surface area contributed by atoms with Gasteiger partial charge in [-0.2, -0.15) is 0 Å². The number of hydrogen-bond acceptors (Lipinski definition) is 3. The third-order valence-electron chi connectivity index (χ3n) is 6.30. The second kappa shape index (κ2) is 4.87. The molecule has 2 saturated carbocycles. The van der Waals surface area contributed by atoms with Gasteiger partial charge in [-0.15, -0.1) is 6.58 Å². The molecule has 3 heteroatoms. The van der Waals surface area contributed by atoms with Crippen molar-refractivity contribution >= 4 is 5.97 Å². The molecule has 0 aliphatic heterocycles. The van der Waals surface area contributed by atoms with Gasteiger partial charge in [0.15, 0.2) is 0 Å². The second-order valence-corrected chi connectivity index (χ2v) is 7.00. The minimum Gasteiger partial charge on any atom is -0.468 e. The normalized spacial score (nSPS) is 43.0. The van der Waals surface area contributed by atoms with Crippen molar-refractivity contribution in [2.75, 3.05) is 14.2 Å². The Morgan fingerprint density at radius 3 is 2.55 bits per heavy atom. The Kier molecular flexibility index (Phi) is 3.79. The van der Waals surface area contributed by atoms with Crippen LogP contribution in [0.3, 0.4) is 0 Å². The number of carbonyl (C=O) groups is 1. The first-order chi connectivity index (χ1) is 9.36. The predicted octanol–water partition coefficient (Wildman–Crippen LogP) is 3.58. The van der Waals surface area contributed by atoms with Crippen molar-refractivity contribution in [3.63, 3.8) is 0 Å². The summed E-state index contributed by atoms with van der Waals surface area (Å²) in [6.45, 7) is 10.5. The zero-order valence-corrected chi connectivity index (χ0v) is 13.5. The van der Waals surface area contributed by atoms with Gasteiger partial charge < -0.3 is 9.47 Å². The van der Waals surface area contributed by atoms with E-state index in [0.29, 0.717) is 18.3 Å². The zero-order valence-electron chi connectivity index (χ0n) is 13.5. The molecule has 0 spiro atoms. The number of hydrogen-bond donors (Lipinski definition) is 0. The molecule has 1 unspecified atom stereocenters. The fraction of sp³-hybridized carbons (Fsp3) is 0.824. The summed E-state index contributed by atoms with van der Waals surface area (Å²) in [6, 6.07) is 0. The van der Waals surface area contributed by atoms with Gasteiger partial charge in [0.1, 0.15) is 5.41 Å². The van der Waals surface area contributed by atoms with Crippen LogP contribution in [0, 0.1) is 22.7 Å². The second-order valence-electron chi connectivity index (χ2n) is 7.00. The van der Waals surface area contributed by atoms with Crippen molar-refractivity contribution in [1.82, 2.24) is 0 Å². The van der Waals surface area contributed by atoms with E-state index in [1.54, 1.807) is 7.11 Å². The summed E-state index contributed by atoms with van der Waals surface area (Å²) < 4.78 is 11.1. The van der Waals surface area contributed by atoms with Gasteiger partial charge in [-0.05, 0) is 37.5 Å². The summed E-state index contributed by atoms with van der Waals surface area (Å²) in [4.78, 5) is 12.5. The maximum absolute atomic E-state index is 12.5. The monoisotopic (exact) mass is 280 g/mol. The van der Waals surface area contributed by atoms with Gasteiger partial charge in [-0.3, -0.25) is 4.79 Å². The van der Waals surface area contributed by atoms with Crippen LogP contribution >= 0.6 is 0 Å². The molecule has 2 rings (SSSR count). The molecular formula is C17H28O3. The highest BCUT2D eigenvalue weighted by atomic mass is 16.5. The molecule has 0 aromatic rings. The van der Waals surface area contributed by atoms with E-state index < -0.39 is 5.41 Å². The molecule has 4 atom stereocenters. The Balaban J connectivity index is 2.44. The molecule has 0 N–H and O–H groups in total. The largest absolute Gasteiger partial charge is 0.468 e. The van der Waals surface area contributed by atoms with Crippen LogP contribution in [0.2, 0.25) is 0 Å². The van der Waals surface area contributed by atoms with Gasteiger partial charge in [-0.1, -0.05) is 26.8 Å². The smallest absolute Gasteiger partial charge is 0.315 e. The van der Waals surface area contributed by atoms with Gasteiger partial charge >= 0.3 is 5.97 Å². The van der Waals surface area contributed by atoms with Crippen molar-refractivity contribution < 1.29 is 14.3 Å². The molecule has 0 heterocycles. The highest BCUT2D eigenvalue weighted by Crippen LogP contribution is 2.81. The van der Waals surface area contributed by atoms with Crippen LogP contribution < -0.4 is 0 Å². The number of carbonyl (C=O) groups excluding carboxylic acids is 1. The Morgan fingerprint density at radius 1 is 1.45 bits per heavy atom. The van der Waals surface area contributed by atoms with Gasteiger partial charge in [0, 0.05) is 12.5 Å². The molecule has 2 aliphatic carbocycles. The minimum atomic E-state index is -0.547. The highest BCUT2D eigenvalue weighted by molar-refractivity contribution is 5.86. The number of fused-ring (bicyclic) bond motifs is 1. The van der Waals surface area contributed by atoms with Crippen LogP contribution in [0.5, 0.6) is 0 Å². The summed E-state index contributed by atoms with van der Waals surface area (Å²) in [6.07, 6.45) is 5.60. The lowest BCUT2D eigenvalue weighted by atomic mass is 9.76. The van der Waals surface area contributed by atoms with E-state index in [4.69, 9.17) is 9.47 Å². The number of allylic oxidation sites excluding steroid dienone is 1. The highest BCUT2D eigenvalue weighted by Gasteiger charge is 2.89. The molecule has 0 amide bonds. The van der Waals surface area contributed by atoms with Crippen molar-refractivity contribution in [3.8, 4) is 0 Å². The lowest BCUT2D eigenvalue weighted by Crippen LogP contribution is -2.34. The van der Waals surface area contributed by atoms with E-state index in [1.807, 2.05) is 6.08 Å². The average Bonchev–Trinajstić information content (AvgIpc) is 2.92. The Hall–Kier alpha value is -0.830. The van der Waals surface area contributed by atoms with E-state index in [-0.39, 0.29) is 17.0 Å². The molecule has 2 aliphatic rings. The van der Waals surface area contributed by atoms with Crippen LogP contribution in [-0.2, 0) is 14.3 Å². The lowest BCUT2D eigenvalue weighted by molar-refractivity contribution is -0.151. The zero-order chi connectivity index (χ0) is 15.2. The third-order valence-corrected chi connectivity index (χ3v) is 6.30. The lowest BCUT2D eigenvalue weighted by Gasteiger charge is -2.34. The molecule has 0 saturated heterocycles. The van der Waals surface area contributed by atoms with Crippen molar-refractivity contribution in [3.05, 3.63) is 12.7 Å². The summed E-state index contributed by atoms with van der Waals surface area (Å²) in [5.41, 5.74) is -1.05. The molecule has 0 radical (unpaired) electrons. The van der Waals surface area contributed by atoms with Crippen LogP contribution in [0.15, 0.2) is 12.7 Å². The number of ether oxygens (including phenoxy) is 2. The maximum Gasteiger partial charge on any atom is 0.315 e. The number of rotatable bonds is 5. The predicted molar refractivity (Wildman–Crippen MR) is 79.3 cm³/mol. The van der Waals surface area contributed by atoms with Gasteiger partial charge in [0.2, 0.25) is 0 Å². The number of methoxy groups -OCH3 is 2. The van der Waals surface area contributed by atoms with Gasteiger partial charge in [0.05, 0.1) is 12.7 Å². The number of esters is 1. The fourth-order valence-electron chi connectivity index (χ4n) is 4.98. The molecular weight excluding hydrogens is 252 g/mol. The quantitative estimate of drug-likeness (QED) is 0.570. The molecule has 20 heavy (non-hydrogen) atoms. The van der Waals surface area contributed by atoms with Gasteiger partial charge in [0.25, 0.3) is 0 Å². The van der Waals surface area contributed by atoms with Crippen LogP contribution in [0.1, 0.15) is 46.5 Å². The molecule has 114 valence electrons. The minimum absolute atomic E-state index is 0.124. The fourth-order valence-corrected chi connectivity index (χ4v) is 4.98. The Morgan fingerprint density at radius 2 is 2.10 bits per heavy atom. The van der Waals surface area contributed by atoms with Gasteiger partial charge in [-0.25, -0.2) is 0 Å². The maximum atomic E-state index is 12.5. The Bertz CT molecular complexity index is 416. The van der Waals surface area contributed by atoms with Crippen molar-refractivity contribution in [2.45, 2.75) is 52.1 Å². The van der Waals surface area contributed by atoms with Crippen LogP contribution in [-0.4, -0.2) is 25.8 Å². The standard InChI is InChI=1S/C17H28O3/c1-7-9-16(14(18)19-5)15(4)10-8-13(12(2)3)11-17(15,16)20-6/h7,12-13H,1,8-11H2,2-6H3/t13-,15+,16?,17-/m1/s1. The summed E-state index contributed by atoms with van der Waals surface area (Å²) in [5, 5.41) is 0. The molecule has 0 bridgehead atoms. The molecule has 2 fully saturated rings. The van der Waals surface area contributed by atoms with Crippen LogP contribution in [0.25, 0.3) is 0 Å². The van der Waals surface area contributed by atoms with E-state index in [9.17, 15) is 4.79 Å². The first-order valence-corrected chi connectivity index (χ1v) is 7.61. The first-order valence-electron chi connectivity index (χ1n) is 7.61. The summed E-state index contributed by atoms with van der Waals surface area (Å²) in [7, 11) is 3.22. The summed E-state index contributed by atoms with van der Waals surface area (Å²) >= 11 is 0. The SMILES string of the molecule is C=CCC1(C(=O)OC)[C@]2(C)CC[C@@H](C(C)C)C[C@]12OC. The average molecular weight is 280 g/mol. The summed E-state index contributed by atoms with van der Waals surface area (Å²) in [5.74, 6) is 1.09. The van der Waals surface area contributed by atoms with Crippen molar-refractivity contribution in [1.29, 1.82) is 0 Å². The molecule has 0 aromatic heterocycles. The van der Waals surface area contributed by atoms with E-state index in [1.165, 1.54) is 7.11 Å². The van der Waals surface area contributed by atoms with E-state index in [0.717, 1.165) is 19.3 Å². The van der Waals surface area contributed by atoms with Crippen molar-refractivity contribution in [2.24, 2.45) is 22.7 Å². The topological polar surface area (TPSA) is 35.5 Å². The Labute approximate surface area is 122 Å². The molecule has 0 aromatic carbocycles. The van der Waals surface area contributed by atoms with Crippen LogP contribution in [0.4, 0.5) is 0 Å². The van der Waals surface area contributed by atoms with E-state index >= 15 is 0 Å². The first kappa shape index (κ1) is 15.6.